The van der Waals surface area contributed by atoms with Crippen molar-refractivity contribution in [1.82, 2.24) is 15.5 Å². The van der Waals surface area contributed by atoms with Crippen LogP contribution in [0.1, 0.15) is 36.8 Å². The van der Waals surface area contributed by atoms with E-state index in [2.05, 4.69) is 35.7 Å². The molecule has 0 radical (unpaired) electrons. The SMILES string of the molecule is CNCC1(NC=O)CCC(c2cc(C)cc(F)c2)(N(C)C)CC1. The second-order valence-electron chi connectivity index (χ2n) is 7.02. The molecule has 1 aliphatic carbocycles. The molecule has 4 nitrogen and oxygen atoms in total. The lowest BCUT2D eigenvalue weighted by molar-refractivity contribution is -0.112. The van der Waals surface area contributed by atoms with E-state index in [1.54, 1.807) is 12.1 Å². The van der Waals surface area contributed by atoms with E-state index < -0.39 is 0 Å². The summed E-state index contributed by atoms with van der Waals surface area (Å²) < 4.78 is 13.9. The minimum atomic E-state index is -0.210. The third-order valence-corrected chi connectivity index (χ3v) is 5.35. The van der Waals surface area contributed by atoms with Crippen molar-refractivity contribution in [3.05, 3.63) is 35.1 Å². The molecule has 0 spiro atoms. The molecule has 1 aliphatic rings. The van der Waals surface area contributed by atoms with Gasteiger partial charge < -0.3 is 10.6 Å². The van der Waals surface area contributed by atoms with Crippen molar-refractivity contribution in [2.45, 2.75) is 43.7 Å². The summed E-state index contributed by atoms with van der Waals surface area (Å²) in [5, 5.41) is 6.20. The van der Waals surface area contributed by atoms with E-state index in [1.165, 1.54) is 0 Å². The van der Waals surface area contributed by atoms with Gasteiger partial charge in [0, 0.05) is 12.1 Å². The highest BCUT2D eigenvalue weighted by atomic mass is 19.1. The van der Waals surface area contributed by atoms with Gasteiger partial charge in [-0.1, -0.05) is 6.07 Å². The predicted octanol–water partition coefficient (Wildman–Crippen LogP) is 2.17. The molecule has 128 valence electrons. The fourth-order valence-electron chi connectivity index (χ4n) is 3.98. The molecule has 5 heteroatoms. The molecule has 1 aromatic rings. The molecule has 1 aromatic carbocycles. The van der Waals surface area contributed by atoms with Crippen molar-refractivity contribution in [3.8, 4) is 0 Å². The van der Waals surface area contributed by atoms with Gasteiger partial charge in [-0.15, -0.1) is 0 Å². The Hall–Kier alpha value is -1.46. The highest BCUT2D eigenvalue weighted by Crippen LogP contribution is 2.44. The molecule has 0 bridgehead atoms. The zero-order valence-electron chi connectivity index (χ0n) is 14.6. The fraction of sp³-hybridized carbons (Fsp3) is 0.611. The van der Waals surface area contributed by atoms with Gasteiger partial charge in [0.05, 0.1) is 5.54 Å². The molecule has 23 heavy (non-hydrogen) atoms. The van der Waals surface area contributed by atoms with Gasteiger partial charge in [0.1, 0.15) is 5.82 Å². The molecule has 0 saturated heterocycles. The van der Waals surface area contributed by atoms with E-state index in [4.69, 9.17) is 0 Å². The molecule has 0 aromatic heterocycles. The van der Waals surface area contributed by atoms with E-state index in [0.29, 0.717) is 0 Å². The first kappa shape index (κ1) is 17.9. The first-order valence-corrected chi connectivity index (χ1v) is 8.18. The summed E-state index contributed by atoms with van der Waals surface area (Å²) in [6.45, 7) is 2.68. The Morgan fingerprint density at radius 3 is 2.35 bits per heavy atom. The summed E-state index contributed by atoms with van der Waals surface area (Å²) in [5.74, 6) is -0.181. The van der Waals surface area contributed by atoms with Gasteiger partial charge in [-0.25, -0.2) is 4.39 Å². The first-order chi connectivity index (χ1) is 10.9. The zero-order valence-corrected chi connectivity index (χ0v) is 14.6. The number of nitrogens with zero attached hydrogens (tertiary/aromatic N) is 1. The van der Waals surface area contributed by atoms with Gasteiger partial charge in [0.25, 0.3) is 0 Å². The van der Waals surface area contributed by atoms with Crippen LogP contribution in [0.4, 0.5) is 4.39 Å². The number of hydrogen-bond donors (Lipinski definition) is 2. The van der Waals surface area contributed by atoms with Crippen LogP contribution >= 0.6 is 0 Å². The van der Waals surface area contributed by atoms with Crippen molar-refractivity contribution >= 4 is 6.41 Å². The summed E-state index contributed by atoms with van der Waals surface area (Å²) in [5.41, 5.74) is 1.58. The fourth-order valence-corrected chi connectivity index (χ4v) is 3.98. The van der Waals surface area contributed by atoms with Gasteiger partial charge in [-0.2, -0.15) is 0 Å². The Morgan fingerprint density at radius 2 is 1.87 bits per heavy atom. The van der Waals surface area contributed by atoms with Crippen LogP contribution in [0.15, 0.2) is 18.2 Å². The van der Waals surface area contributed by atoms with Crippen molar-refractivity contribution in [2.24, 2.45) is 0 Å². The quantitative estimate of drug-likeness (QED) is 0.789. The van der Waals surface area contributed by atoms with Gasteiger partial charge in [0.15, 0.2) is 0 Å². The molecule has 0 unspecified atom stereocenters. The highest BCUT2D eigenvalue weighted by molar-refractivity contribution is 5.48. The number of benzene rings is 1. The van der Waals surface area contributed by atoms with E-state index in [-0.39, 0.29) is 16.9 Å². The second-order valence-corrected chi connectivity index (χ2v) is 7.02. The van der Waals surface area contributed by atoms with Crippen molar-refractivity contribution < 1.29 is 9.18 Å². The third kappa shape index (κ3) is 3.56. The standard InChI is InChI=1S/C18H28FN3O/c1-14-9-15(11-16(19)10-14)18(22(3)4)7-5-17(6-8-18,12-20-2)21-13-23/h9-11,13,20H,5-8,12H2,1-4H3,(H,21,23). The predicted molar refractivity (Wildman–Crippen MR) is 90.8 cm³/mol. The number of amides is 1. The summed E-state index contributed by atoms with van der Waals surface area (Å²) >= 11 is 0. The zero-order chi connectivity index (χ0) is 17.1. The van der Waals surface area contributed by atoms with Crippen LogP contribution in [-0.2, 0) is 10.3 Å². The lowest BCUT2D eigenvalue weighted by Crippen LogP contribution is -2.58. The number of likely N-dealkylation sites (N-methyl/N-ethyl adjacent to an activating group) is 1. The summed E-state index contributed by atoms with van der Waals surface area (Å²) in [6.07, 6.45) is 4.28. The number of hydrogen-bond acceptors (Lipinski definition) is 3. The summed E-state index contributed by atoms with van der Waals surface area (Å²) in [4.78, 5) is 13.2. The third-order valence-electron chi connectivity index (χ3n) is 5.35. The number of halogens is 1. The lowest BCUT2D eigenvalue weighted by Gasteiger charge is -2.50. The van der Waals surface area contributed by atoms with Gasteiger partial charge >= 0.3 is 0 Å². The van der Waals surface area contributed by atoms with Crippen LogP contribution in [-0.4, -0.2) is 44.5 Å². The van der Waals surface area contributed by atoms with Crippen LogP contribution in [0.3, 0.4) is 0 Å². The van der Waals surface area contributed by atoms with Crippen molar-refractivity contribution in [1.29, 1.82) is 0 Å². The normalized spacial score (nSPS) is 27.9. The van der Waals surface area contributed by atoms with E-state index >= 15 is 0 Å². The van der Waals surface area contributed by atoms with Gasteiger partial charge in [-0.05, 0) is 77.0 Å². The molecule has 2 N–H and O–H groups in total. The maximum absolute atomic E-state index is 13.9. The maximum atomic E-state index is 13.9. The monoisotopic (exact) mass is 321 g/mol. The lowest BCUT2D eigenvalue weighted by atomic mass is 9.68. The van der Waals surface area contributed by atoms with Gasteiger partial charge in [-0.3, -0.25) is 9.69 Å². The highest BCUT2D eigenvalue weighted by Gasteiger charge is 2.44. The van der Waals surface area contributed by atoms with Crippen LogP contribution in [0.25, 0.3) is 0 Å². The molecule has 1 saturated carbocycles. The van der Waals surface area contributed by atoms with Crippen LogP contribution < -0.4 is 10.6 Å². The molecule has 1 fully saturated rings. The average molecular weight is 321 g/mol. The number of nitrogens with one attached hydrogen (secondary N) is 2. The molecule has 1 amide bonds. The number of carbonyl (C=O) groups excluding carboxylic acids is 1. The first-order valence-electron chi connectivity index (χ1n) is 8.18. The molecule has 0 aliphatic heterocycles. The smallest absolute Gasteiger partial charge is 0.207 e. The van der Waals surface area contributed by atoms with Crippen molar-refractivity contribution in [2.75, 3.05) is 27.7 Å². The van der Waals surface area contributed by atoms with Crippen LogP contribution in [0.5, 0.6) is 0 Å². The van der Waals surface area contributed by atoms with E-state index in [1.807, 2.05) is 14.0 Å². The molecule has 2 rings (SSSR count). The van der Waals surface area contributed by atoms with Crippen LogP contribution in [0, 0.1) is 12.7 Å². The Morgan fingerprint density at radius 1 is 1.22 bits per heavy atom. The Bertz CT molecular complexity index is 531. The van der Waals surface area contributed by atoms with Gasteiger partial charge in [0.2, 0.25) is 6.41 Å². The Balaban J connectivity index is 2.33. The molecule has 0 heterocycles. The largest absolute Gasteiger partial charge is 0.352 e. The number of rotatable bonds is 6. The molecular weight excluding hydrogens is 293 g/mol. The number of aryl methyl sites for hydroxylation is 1. The topological polar surface area (TPSA) is 44.4 Å². The summed E-state index contributed by atoms with van der Waals surface area (Å²) in [6, 6.07) is 5.31. The van der Waals surface area contributed by atoms with Crippen LogP contribution in [0.2, 0.25) is 0 Å². The summed E-state index contributed by atoms with van der Waals surface area (Å²) in [7, 11) is 6.01. The van der Waals surface area contributed by atoms with E-state index in [9.17, 15) is 9.18 Å². The minimum Gasteiger partial charge on any atom is -0.352 e. The maximum Gasteiger partial charge on any atom is 0.207 e. The average Bonchev–Trinajstić information content (AvgIpc) is 2.47. The number of carbonyl (C=O) groups is 1. The Labute approximate surface area is 138 Å². The molecular formula is C18H28FN3O. The second kappa shape index (κ2) is 6.97. The minimum absolute atomic E-state index is 0.181. The van der Waals surface area contributed by atoms with E-state index in [0.717, 1.165) is 49.8 Å². The molecule has 0 atom stereocenters. The van der Waals surface area contributed by atoms with Crippen molar-refractivity contribution in [3.63, 3.8) is 0 Å². The Kier molecular flexibility index (Phi) is 5.42.